The third-order valence-electron chi connectivity index (χ3n) is 2.59. The quantitative estimate of drug-likeness (QED) is 0.704. The van der Waals surface area contributed by atoms with E-state index in [1.54, 1.807) is 6.20 Å². The van der Waals surface area contributed by atoms with Crippen LogP contribution in [0.15, 0.2) is 12.4 Å². The van der Waals surface area contributed by atoms with Gasteiger partial charge in [-0.3, -0.25) is 0 Å². The minimum absolute atomic E-state index is 0.133. The topological polar surface area (TPSA) is 61.4 Å². The van der Waals surface area contributed by atoms with Gasteiger partial charge in [0, 0.05) is 18.4 Å². The number of hydrogen-bond donors (Lipinski definition) is 2. The predicted molar refractivity (Wildman–Crippen MR) is 53.3 cm³/mol. The zero-order chi connectivity index (χ0) is 10.0. The first-order valence-corrected chi connectivity index (χ1v) is 6.32. The minimum atomic E-state index is -3.31. The standard InChI is InChI=1S/C8H15N3O2S/c12-14(13,11-6-5-9-7-11)10-8-3-1-2-4-8/h5-6,8-10H,1-4,7H2. The van der Waals surface area contributed by atoms with E-state index >= 15 is 0 Å². The van der Waals surface area contributed by atoms with Gasteiger partial charge in [-0.25, -0.2) is 4.31 Å². The molecule has 0 saturated heterocycles. The molecule has 1 saturated carbocycles. The van der Waals surface area contributed by atoms with Crippen LogP contribution < -0.4 is 10.0 Å². The SMILES string of the molecule is O=S(=O)(NC1CCCC1)N1C=CNC1. The Bertz CT molecular complexity index is 319. The van der Waals surface area contributed by atoms with Crippen LogP contribution in [0.5, 0.6) is 0 Å². The molecule has 0 bridgehead atoms. The van der Waals surface area contributed by atoms with Crippen molar-refractivity contribution in [3.8, 4) is 0 Å². The van der Waals surface area contributed by atoms with Gasteiger partial charge >= 0.3 is 10.2 Å². The summed E-state index contributed by atoms with van der Waals surface area (Å²) in [7, 11) is -3.31. The Hall–Kier alpha value is -0.750. The molecule has 5 nitrogen and oxygen atoms in total. The van der Waals surface area contributed by atoms with Crippen molar-refractivity contribution in [3.63, 3.8) is 0 Å². The van der Waals surface area contributed by atoms with E-state index in [2.05, 4.69) is 10.0 Å². The van der Waals surface area contributed by atoms with Crippen molar-refractivity contribution in [3.05, 3.63) is 12.4 Å². The van der Waals surface area contributed by atoms with Crippen LogP contribution in [0.1, 0.15) is 25.7 Å². The fourth-order valence-corrected chi connectivity index (χ4v) is 3.08. The third-order valence-corrected chi connectivity index (χ3v) is 4.08. The Morgan fingerprint density at radius 1 is 1.36 bits per heavy atom. The maximum atomic E-state index is 11.7. The predicted octanol–water partition coefficient (Wildman–Crippen LogP) is 0.0973. The molecule has 0 aromatic rings. The van der Waals surface area contributed by atoms with Gasteiger partial charge in [0.05, 0.1) is 0 Å². The first-order chi connectivity index (χ1) is 6.68. The van der Waals surface area contributed by atoms with Crippen molar-refractivity contribution in [2.45, 2.75) is 31.7 Å². The first-order valence-electron chi connectivity index (χ1n) is 4.88. The second kappa shape index (κ2) is 3.78. The highest BCUT2D eigenvalue weighted by atomic mass is 32.2. The molecular weight excluding hydrogens is 202 g/mol. The zero-order valence-electron chi connectivity index (χ0n) is 7.94. The molecule has 2 N–H and O–H groups in total. The smallest absolute Gasteiger partial charge is 0.302 e. The van der Waals surface area contributed by atoms with Crippen molar-refractivity contribution < 1.29 is 8.42 Å². The molecule has 2 aliphatic rings. The fraction of sp³-hybridized carbons (Fsp3) is 0.750. The minimum Gasteiger partial charge on any atom is -0.372 e. The Kier molecular flexibility index (Phi) is 2.64. The van der Waals surface area contributed by atoms with Gasteiger partial charge in [0.25, 0.3) is 0 Å². The summed E-state index contributed by atoms with van der Waals surface area (Å²) in [5.41, 5.74) is 0. The Morgan fingerprint density at radius 2 is 2.07 bits per heavy atom. The van der Waals surface area contributed by atoms with Crippen LogP contribution in [0.4, 0.5) is 0 Å². The summed E-state index contributed by atoms with van der Waals surface area (Å²) in [6.45, 7) is 0.335. The largest absolute Gasteiger partial charge is 0.372 e. The highest BCUT2D eigenvalue weighted by Gasteiger charge is 2.25. The molecule has 80 valence electrons. The summed E-state index contributed by atoms with van der Waals surface area (Å²) in [5, 5.41) is 2.83. The molecule has 1 aliphatic carbocycles. The van der Waals surface area contributed by atoms with Crippen molar-refractivity contribution in [1.82, 2.24) is 14.3 Å². The summed E-state index contributed by atoms with van der Waals surface area (Å²) in [6.07, 6.45) is 7.35. The highest BCUT2D eigenvalue weighted by Crippen LogP contribution is 2.19. The molecule has 0 unspecified atom stereocenters. The summed E-state index contributed by atoms with van der Waals surface area (Å²) >= 11 is 0. The zero-order valence-corrected chi connectivity index (χ0v) is 8.76. The monoisotopic (exact) mass is 217 g/mol. The van der Waals surface area contributed by atoms with Gasteiger partial charge in [0.1, 0.15) is 6.67 Å². The lowest BCUT2D eigenvalue weighted by atomic mass is 10.3. The van der Waals surface area contributed by atoms with Crippen LogP contribution in [0.3, 0.4) is 0 Å². The lowest BCUT2D eigenvalue weighted by Gasteiger charge is -2.19. The van der Waals surface area contributed by atoms with Crippen molar-refractivity contribution in [2.24, 2.45) is 0 Å². The van der Waals surface area contributed by atoms with E-state index in [4.69, 9.17) is 0 Å². The van der Waals surface area contributed by atoms with E-state index in [0.29, 0.717) is 6.67 Å². The van der Waals surface area contributed by atoms with E-state index in [1.165, 1.54) is 10.5 Å². The van der Waals surface area contributed by atoms with E-state index in [0.717, 1.165) is 25.7 Å². The van der Waals surface area contributed by atoms with Gasteiger partial charge in [-0.2, -0.15) is 13.1 Å². The van der Waals surface area contributed by atoms with Crippen molar-refractivity contribution in [2.75, 3.05) is 6.67 Å². The van der Waals surface area contributed by atoms with Gasteiger partial charge in [-0.15, -0.1) is 0 Å². The third kappa shape index (κ3) is 2.01. The lowest BCUT2D eigenvalue weighted by Crippen LogP contribution is -2.42. The second-order valence-electron chi connectivity index (χ2n) is 3.67. The normalized spacial score (nSPS) is 23.0. The van der Waals surface area contributed by atoms with Crippen LogP contribution in [-0.2, 0) is 10.2 Å². The van der Waals surface area contributed by atoms with E-state index in [1.807, 2.05) is 0 Å². The number of hydrogen-bond acceptors (Lipinski definition) is 3. The number of nitrogens with zero attached hydrogens (tertiary/aromatic N) is 1. The van der Waals surface area contributed by atoms with Gasteiger partial charge < -0.3 is 5.32 Å². The molecule has 0 aromatic carbocycles. The average molecular weight is 217 g/mol. The summed E-state index contributed by atoms with van der Waals surface area (Å²) in [5.74, 6) is 0. The molecule has 6 heteroatoms. The van der Waals surface area contributed by atoms with Gasteiger partial charge in [0.2, 0.25) is 0 Å². The van der Waals surface area contributed by atoms with Gasteiger partial charge in [0.15, 0.2) is 0 Å². The molecule has 0 aromatic heterocycles. The van der Waals surface area contributed by atoms with E-state index in [-0.39, 0.29) is 6.04 Å². The lowest BCUT2D eigenvalue weighted by molar-refractivity contribution is 0.476. The molecule has 0 atom stereocenters. The van der Waals surface area contributed by atoms with Crippen LogP contribution in [0.25, 0.3) is 0 Å². The fourth-order valence-electron chi connectivity index (χ4n) is 1.82. The first kappa shape index (κ1) is 9.79. The van der Waals surface area contributed by atoms with Crippen LogP contribution in [-0.4, -0.2) is 25.4 Å². The molecule has 1 aliphatic heterocycles. The van der Waals surface area contributed by atoms with Gasteiger partial charge in [-0.05, 0) is 12.8 Å². The van der Waals surface area contributed by atoms with Crippen LogP contribution >= 0.6 is 0 Å². The molecule has 0 amide bonds. The molecule has 14 heavy (non-hydrogen) atoms. The van der Waals surface area contributed by atoms with Crippen molar-refractivity contribution >= 4 is 10.2 Å². The molecule has 1 heterocycles. The summed E-state index contributed by atoms with van der Waals surface area (Å²) in [4.78, 5) is 0. The molecule has 0 radical (unpaired) electrons. The summed E-state index contributed by atoms with van der Waals surface area (Å²) < 4.78 is 27.4. The average Bonchev–Trinajstić information content (AvgIpc) is 2.71. The Balaban J connectivity index is 1.97. The van der Waals surface area contributed by atoms with Crippen molar-refractivity contribution in [1.29, 1.82) is 0 Å². The molecular formula is C8H15N3O2S. The van der Waals surface area contributed by atoms with Crippen LogP contribution in [0, 0.1) is 0 Å². The maximum Gasteiger partial charge on any atom is 0.302 e. The molecule has 1 fully saturated rings. The Morgan fingerprint density at radius 3 is 2.64 bits per heavy atom. The molecule has 2 rings (SSSR count). The molecule has 0 spiro atoms. The second-order valence-corrected chi connectivity index (χ2v) is 5.32. The number of nitrogens with one attached hydrogen (secondary N) is 2. The summed E-state index contributed by atoms with van der Waals surface area (Å²) in [6, 6.07) is 0.133. The Labute approximate surface area is 84.3 Å². The van der Waals surface area contributed by atoms with E-state index < -0.39 is 10.2 Å². The van der Waals surface area contributed by atoms with E-state index in [9.17, 15) is 8.42 Å². The maximum absolute atomic E-state index is 11.7. The van der Waals surface area contributed by atoms with Gasteiger partial charge in [-0.1, -0.05) is 12.8 Å². The number of rotatable bonds is 3. The van der Waals surface area contributed by atoms with Crippen LogP contribution in [0.2, 0.25) is 0 Å². The highest BCUT2D eigenvalue weighted by molar-refractivity contribution is 7.87.